The second-order valence-electron chi connectivity index (χ2n) is 8.63. The van der Waals surface area contributed by atoms with Crippen LogP contribution in [-0.2, 0) is 6.61 Å². The molecule has 0 spiro atoms. The van der Waals surface area contributed by atoms with Crippen LogP contribution in [0.15, 0.2) is 83.5 Å². The van der Waals surface area contributed by atoms with E-state index in [0.717, 1.165) is 28.1 Å². The van der Waals surface area contributed by atoms with Crippen LogP contribution in [0.25, 0.3) is 5.69 Å². The minimum absolute atomic E-state index is 0.151. The molecule has 5 heteroatoms. The van der Waals surface area contributed by atoms with E-state index in [2.05, 4.69) is 31.3 Å². The number of aryl methyl sites for hydroxylation is 1. The predicted molar refractivity (Wildman–Crippen MR) is 130 cm³/mol. The second kappa shape index (κ2) is 9.82. The highest BCUT2D eigenvalue weighted by Gasteiger charge is 2.16. The Balaban J connectivity index is 1.36. The Morgan fingerprint density at radius 2 is 1.73 bits per heavy atom. The topological polar surface area (TPSA) is 56.4 Å². The first-order valence-electron chi connectivity index (χ1n) is 11.3. The first-order chi connectivity index (χ1) is 15.9. The number of carbonyl (C=O) groups is 1. The van der Waals surface area contributed by atoms with Gasteiger partial charge in [0.25, 0.3) is 5.91 Å². The summed E-state index contributed by atoms with van der Waals surface area (Å²) in [4.78, 5) is 12.7. The van der Waals surface area contributed by atoms with Gasteiger partial charge in [0.15, 0.2) is 5.76 Å². The number of ether oxygens (including phenoxy) is 1. The van der Waals surface area contributed by atoms with Gasteiger partial charge in [0.1, 0.15) is 18.1 Å². The van der Waals surface area contributed by atoms with Crippen molar-refractivity contribution in [3.05, 3.63) is 107 Å². The molecule has 1 amide bonds. The van der Waals surface area contributed by atoms with E-state index in [1.165, 1.54) is 0 Å². The number of amides is 1. The lowest BCUT2D eigenvalue weighted by molar-refractivity contribution is 0.0907. The van der Waals surface area contributed by atoms with Gasteiger partial charge in [-0.25, -0.2) is 0 Å². The van der Waals surface area contributed by atoms with Crippen LogP contribution in [0.5, 0.6) is 5.75 Å². The standard InChI is InChI=1S/C28H30N2O3/c1-19(2)25-13-7-20(3)17-27(25)32-18-24-12-14-26(33-24)28(31)29-21(4)22-8-10-23(11-9-22)30-15-5-6-16-30/h5-17,19,21H,18H2,1-4H3,(H,29,31). The first-order valence-corrected chi connectivity index (χ1v) is 11.3. The maximum atomic E-state index is 12.7. The number of rotatable bonds is 8. The average Bonchev–Trinajstić information content (AvgIpc) is 3.50. The number of carbonyl (C=O) groups excluding carboxylic acids is 1. The highest BCUT2D eigenvalue weighted by molar-refractivity contribution is 5.91. The molecule has 5 nitrogen and oxygen atoms in total. The van der Waals surface area contributed by atoms with Gasteiger partial charge >= 0.3 is 0 Å². The van der Waals surface area contributed by atoms with Gasteiger partial charge in [0.05, 0.1) is 6.04 Å². The molecule has 0 saturated heterocycles. The van der Waals surface area contributed by atoms with Crippen molar-refractivity contribution in [2.45, 2.75) is 46.3 Å². The van der Waals surface area contributed by atoms with Crippen LogP contribution in [0.4, 0.5) is 0 Å². The van der Waals surface area contributed by atoms with E-state index < -0.39 is 0 Å². The molecule has 0 radical (unpaired) electrons. The van der Waals surface area contributed by atoms with E-state index in [0.29, 0.717) is 11.7 Å². The smallest absolute Gasteiger partial charge is 0.287 e. The lowest BCUT2D eigenvalue weighted by Gasteiger charge is -2.15. The molecule has 33 heavy (non-hydrogen) atoms. The molecule has 2 aromatic heterocycles. The minimum atomic E-state index is -0.248. The first kappa shape index (κ1) is 22.5. The summed E-state index contributed by atoms with van der Waals surface area (Å²) in [7, 11) is 0. The van der Waals surface area contributed by atoms with Gasteiger partial charge in [0.2, 0.25) is 0 Å². The number of nitrogens with zero attached hydrogens (tertiary/aromatic N) is 1. The highest BCUT2D eigenvalue weighted by atomic mass is 16.5. The molecular weight excluding hydrogens is 412 g/mol. The number of hydrogen-bond donors (Lipinski definition) is 1. The molecule has 1 N–H and O–H groups in total. The molecule has 0 aliphatic heterocycles. The average molecular weight is 443 g/mol. The molecule has 0 bridgehead atoms. The van der Waals surface area contributed by atoms with Gasteiger partial charge in [0, 0.05) is 18.1 Å². The summed E-state index contributed by atoms with van der Waals surface area (Å²) in [6.45, 7) is 8.55. The Bertz CT molecular complexity index is 1200. The largest absolute Gasteiger partial charge is 0.485 e. The summed E-state index contributed by atoms with van der Waals surface area (Å²) < 4.78 is 13.8. The predicted octanol–water partition coefficient (Wildman–Crippen LogP) is 6.57. The third kappa shape index (κ3) is 5.37. The fourth-order valence-corrected chi connectivity index (χ4v) is 3.76. The van der Waals surface area contributed by atoms with Crippen molar-refractivity contribution < 1.29 is 13.9 Å². The van der Waals surface area contributed by atoms with Gasteiger partial charge in [-0.1, -0.05) is 38.1 Å². The third-order valence-electron chi connectivity index (χ3n) is 5.69. The quantitative estimate of drug-likeness (QED) is 0.336. The summed E-state index contributed by atoms with van der Waals surface area (Å²) >= 11 is 0. The molecule has 4 rings (SSSR count). The summed E-state index contributed by atoms with van der Waals surface area (Å²) in [6.07, 6.45) is 4.00. The molecule has 0 fully saturated rings. The molecule has 0 aliphatic rings. The number of nitrogens with one attached hydrogen (secondary N) is 1. The molecule has 0 saturated carbocycles. The number of furan rings is 1. The van der Waals surface area contributed by atoms with E-state index in [1.807, 2.05) is 73.3 Å². The van der Waals surface area contributed by atoms with Crippen molar-refractivity contribution >= 4 is 5.91 Å². The zero-order chi connectivity index (χ0) is 23.4. The Labute approximate surface area is 195 Å². The van der Waals surface area contributed by atoms with E-state index >= 15 is 0 Å². The van der Waals surface area contributed by atoms with Gasteiger partial charge in [-0.3, -0.25) is 4.79 Å². The van der Waals surface area contributed by atoms with E-state index in [-0.39, 0.29) is 24.3 Å². The van der Waals surface area contributed by atoms with Crippen LogP contribution in [0.1, 0.15) is 65.7 Å². The highest BCUT2D eigenvalue weighted by Crippen LogP contribution is 2.28. The molecule has 4 aromatic rings. The lowest BCUT2D eigenvalue weighted by atomic mass is 10.0. The summed E-state index contributed by atoms with van der Waals surface area (Å²) in [5.41, 5.74) is 4.40. The molecular formula is C28H30N2O3. The normalized spacial score (nSPS) is 12.0. The van der Waals surface area contributed by atoms with Crippen molar-refractivity contribution in [1.82, 2.24) is 9.88 Å². The van der Waals surface area contributed by atoms with Crippen LogP contribution in [-0.4, -0.2) is 10.5 Å². The molecule has 1 atom stereocenters. The van der Waals surface area contributed by atoms with Crippen molar-refractivity contribution in [2.75, 3.05) is 0 Å². The molecule has 2 aromatic carbocycles. The Kier molecular flexibility index (Phi) is 6.68. The Morgan fingerprint density at radius 1 is 1.00 bits per heavy atom. The zero-order valence-corrected chi connectivity index (χ0v) is 19.5. The summed E-state index contributed by atoms with van der Waals surface area (Å²) in [5.74, 6) is 1.85. The number of benzene rings is 2. The van der Waals surface area contributed by atoms with Crippen LogP contribution in [0, 0.1) is 6.92 Å². The van der Waals surface area contributed by atoms with Crippen LogP contribution >= 0.6 is 0 Å². The maximum Gasteiger partial charge on any atom is 0.287 e. The summed E-state index contributed by atoms with van der Waals surface area (Å²) in [6, 6.07) is 21.7. The van der Waals surface area contributed by atoms with E-state index in [9.17, 15) is 4.79 Å². The fraction of sp³-hybridized carbons (Fsp3) is 0.250. The molecule has 170 valence electrons. The zero-order valence-electron chi connectivity index (χ0n) is 19.5. The van der Waals surface area contributed by atoms with Crippen molar-refractivity contribution in [3.8, 4) is 11.4 Å². The monoisotopic (exact) mass is 442 g/mol. The number of aromatic nitrogens is 1. The third-order valence-corrected chi connectivity index (χ3v) is 5.69. The molecule has 0 aliphatic carbocycles. The Hall–Kier alpha value is -3.73. The molecule has 1 unspecified atom stereocenters. The van der Waals surface area contributed by atoms with Gasteiger partial charge in [-0.15, -0.1) is 0 Å². The summed E-state index contributed by atoms with van der Waals surface area (Å²) in [5, 5.41) is 3.01. The maximum absolute atomic E-state index is 12.7. The fourth-order valence-electron chi connectivity index (χ4n) is 3.76. The van der Waals surface area contributed by atoms with Crippen LogP contribution < -0.4 is 10.1 Å². The van der Waals surface area contributed by atoms with Gasteiger partial charge in [-0.05, 0) is 78.9 Å². The minimum Gasteiger partial charge on any atom is -0.485 e. The van der Waals surface area contributed by atoms with Crippen LogP contribution in [0.2, 0.25) is 0 Å². The van der Waals surface area contributed by atoms with Crippen molar-refractivity contribution in [1.29, 1.82) is 0 Å². The van der Waals surface area contributed by atoms with Gasteiger partial charge < -0.3 is 19.0 Å². The van der Waals surface area contributed by atoms with Crippen molar-refractivity contribution in [2.24, 2.45) is 0 Å². The van der Waals surface area contributed by atoms with Gasteiger partial charge in [-0.2, -0.15) is 0 Å². The van der Waals surface area contributed by atoms with Crippen molar-refractivity contribution in [3.63, 3.8) is 0 Å². The lowest BCUT2D eigenvalue weighted by Crippen LogP contribution is -2.26. The second-order valence-corrected chi connectivity index (χ2v) is 8.63. The molecule has 2 heterocycles. The number of hydrogen-bond acceptors (Lipinski definition) is 3. The van der Waals surface area contributed by atoms with Crippen LogP contribution in [0.3, 0.4) is 0 Å². The Morgan fingerprint density at radius 3 is 2.42 bits per heavy atom. The SMILES string of the molecule is Cc1ccc(C(C)C)c(OCc2ccc(C(=O)NC(C)c3ccc(-n4cccc4)cc3)o2)c1. The van der Waals surface area contributed by atoms with E-state index in [4.69, 9.17) is 9.15 Å². The van der Waals surface area contributed by atoms with E-state index in [1.54, 1.807) is 12.1 Å².